The van der Waals surface area contributed by atoms with Gasteiger partial charge in [-0.1, -0.05) is 48.0 Å². The molecule has 2 unspecified atom stereocenters. The van der Waals surface area contributed by atoms with Crippen LogP contribution in [-0.4, -0.2) is 44.6 Å². The average Bonchev–Trinajstić information content (AvgIpc) is 2.68. The van der Waals surface area contributed by atoms with E-state index in [1.807, 2.05) is 37.3 Å². The van der Waals surface area contributed by atoms with Crippen molar-refractivity contribution in [1.29, 1.82) is 0 Å². The molecule has 2 aromatic rings. The fraction of sp³-hybridized carbons (Fsp3) is 0.350. The summed E-state index contributed by atoms with van der Waals surface area (Å²) < 4.78 is 35.5. The summed E-state index contributed by atoms with van der Waals surface area (Å²) in [5, 5.41) is 0. The molecular weight excluding hydrogens is 380 g/mol. The predicted molar refractivity (Wildman–Crippen MR) is 104 cm³/mol. The average molecular weight is 404 g/mol. The van der Waals surface area contributed by atoms with Crippen LogP contribution < -0.4 is 5.73 Å². The normalized spacial score (nSPS) is 20.0. The number of hydrogen-bond donors (Lipinski definition) is 1. The lowest BCUT2D eigenvalue weighted by Crippen LogP contribution is -2.54. The summed E-state index contributed by atoms with van der Waals surface area (Å²) in [6.45, 7) is 2.53. The zero-order valence-corrected chi connectivity index (χ0v) is 16.5. The van der Waals surface area contributed by atoms with Gasteiger partial charge >= 0.3 is 6.09 Å². The molecule has 0 aliphatic carbocycles. The highest BCUT2D eigenvalue weighted by Crippen LogP contribution is 2.21. The Morgan fingerprint density at radius 2 is 1.82 bits per heavy atom. The minimum absolute atomic E-state index is 0.0926. The zero-order chi connectivity index (χ0) is 20.1. The number of nitrogens with zero attached hydrogens (tertiary/aromatic N) is 1. The fourth-order valence-corrected chi connectivity index (χ4v) is 4.12. The molecule has 2 aromatic carbocycles. The van der Waals surface area contributed by atoms with Crippen LogP contribution in [0.1, 0.15) is 17.5 Å². The summed E-state index contributed by atoms with van der Waals surface area (Å²) in [5.74, 6) is 0. The monoisotopic (exact) mass is 404 g/mol. The molecule has 2 atom stereocenters. The van der Waals surface area contributed by atoms with E-state index in [2.05, 4.69) is 0 Å². The second-order valence-electron chi connectivity index (χ2n) is 6.84. The molecular formula is C20H24N2O5S. The summed E-state index contributed by atoms with van der Waals surface area (Å²) in [6.07, 6.45) is -0.851. The van der Waals surface area contributed by atoms with Crippen LogP contribution in [-0.2, 0) is 25.6 Å². The summed E-state index contributed by atoms with van der Waals surface area (Å²) in [4.78, 5) is 13.8. The number of nitrogens with two attached hydrogens (primary N) is 1. The number of likely N-dealkylation sites (tertiary alicyclic amines) is 1. The van der Waals surface area contributed by atoms with Crippen molar-refractivity contribution in [1.82, 2.24) is 4.90 Å². The Bertz CT molecular complexity index is 900. The van der Waals surface area contributed by atoms with E-state index in [9.17, 15) is 13.2 Å². The number of carbonyl (C=O) groups is 1. The third-order valence-corrected chi connectivity index (χ3v) is 5.97. The van der Waals surface area contributed by atoms with E-state index >= 15 is 0 Å². The molecule has 0 bridgehead atoms. The van der Waals surface area contributed by atoms with Crippen molar-refractivity contribution in [2.24, 2.45) is 5.73 Å². The van der Waals surface area contributed by atoms with E-state index in [1.54, 1.807) is 12.1 Å². The minimum Gasteiger partial charge on any atom is -0.445 e. The van der Waals surface area contributed by atoms with Crippen LogP contribution in [0.3, 0.4) is 0 Å². The molecule has 150 valence electrons. The molecule has 8 heteroatoms. The first-order valence-electron chi connectivity index (χ1n) is 9.06. The SMILES string of the molecule is Cc1ccc(S(=O)(=O)OC2CCN(C(=O)OCc3ccccc3)CC2N)cc1. The van der Waals surface area contributed by atoms with Crippen LogP contribution in [0.2, 0.25) is 0 Å². The van der Waals surface area contributed by atoms with Gasteiger partial charge in [-0.2, -0.15) is 8.42 Å². The summed E-state index contributed by atoms with van der Waals surface area (Å²) >= 11 is 0. The number of rotatable bonds is 5. The van der Waals surface area contributed by atoms with E-state index in [4.69, 9.17) is 14.7 Å². The van der Waals surface area contributed by atoms with Gasteiger partial charge in [-0.25, -0.2) is 4.79 Å². The number of piperidine rings is 1. The summed E-state index contributed by atoms with van der Waals surface area (Å²) in [7, 11) is -3.91. The Kier molecular flexibility index (Phi) is 6.33. The molecule has 1 aliphatic heterocycles. The molecule has 0 saturated carbocycles. The molecule has 0 radical (unpaired) electrons. The number of carbonyl (C=O) groups excluding carboxylic acids is 1. The molecule has 1 fully saturated rings. The molecule has 1 amide bonds. The van der Waals surface area contributed by atoms with Gasteiger partial charge in [0.15, 0.2) is 0 Å². The van der Waals surface area contributed by atoms with Gasteiger partial charge in [-0.15, -0.1) is 0 Å². The topological polar surface area (TPSA) is 98.9 Å². The molecule has 2 N–H and O–H groups in total. The van der Waals surface area contributed by atoms with Gasteiger partial charge in [0.2, 0.25) is 0 Å². The Labute approximate surface area is 165 Å². The Hall–Kier alpha value is -2.42. The maximum absolute atomic E-state index is 12.4. The highest BCUT2D eigenvalue weighted by molar-refractivity contribution is 7.86. The first-order chi connectivity index (χ1) is 13.3. The first-order valence-corrected chi connectivity index (χ1v) is 10.5. The minimum atomic E-state index is -3.91. The third kappa shape index (κ3) is 5.09. The quantitative estimate of drug-likeness (QED) is 0.769. The van der Waals surface area contributed by atoms with E-state index in [-0.39, 0.29) is 18.0 Å². The zero-order valence-electron chi connectivity index (χ0n) is 15.7. The van der Waals surface area contributed by atoms with Gasteiger partial charge in [0.05, 0.1) is 17.0 Å². The van der Waals surface area contributed by atoms with Crippen LogP contribution in [0.25, 0.3) is 0 Å². The Morgan fingerprint density at radius 1 is 1.14 bits per heavy atom. The summed E-state index contributed by atoms with van der Waals surface area (Å²) in [5.41, 5.74) is 7.93. The van der Waals surface area contributed by atoms with Gasteiger partial charge in [-0.05, 0) is 31.0 Å². The van der Waals surface area contributed by atoms with Gasteiger partial charge in [0.25, 0.3) is 10.1 Å². The second-order valence-corrected chi connectivity index (χ2v) is 8.41. The lowest BCUT2D eigenvalue weighted by atomic mass is 10.0. The third-order valence-electron chi connectivity index (χ3n) is 4.62. The smallest absolute Gasteiger partial charge is 0.410 e. The predicted octanol–water partition coefficient (Wildman–Crippen LogP) is 2.44. The van der Waals surface area contributed by atoms with Gasteiger partial charge in [0.1, 0.15) is 6.61 Å². The maximum atomic E-state index is 12.4. The van der Waals surface area contributed by atoms with Crippen LogP contribution in [0.5, 0.6) is 0 Å². The summed E-state index contributed by atoms with van der Waals surface area (Å²) in [6, 6.07) is 15.2. The van der Waals surface area contributed by atoms with Crippen molar-refractivity contribution >= 4 is 16.2 Å². The van der Waals surface area contributed by atoms with Crippen molar-refractivity contribution in [2.45, 2.75) is 37.0 Å². The number of amides is 1. The standard InChI is InChI=1S/C20H24N2O5S/c1-15-7-9-17(10-8-15)28(24,25)27-19-11-12-22(13-18(19)21)20(23)26-14-16-5-3-2-4-6-16/h2-10,18-19H,11-14,21H2,1H3. The second kappa shape index (κ2) is 8.72. The Morgan fingerprint density at radius 3 is 2.46 bits per heavy atom. The lowest BCUT2D eigenvalue weighted by Gasteiger charge is -2.35. The van der Waals surface area contributed by atoms with Crippen molar-refractivity contribution in [3.63, 3.8) is 0 Å². The molecule has 1 aliphatic rings. The molecule has 28 heavy (non-hydrogen) atoms. The van der Waals surface area contributed by atoms with Crippen molar-refractivity contribution in [3.05, 3.63) is 65.7 Å². The van der Waals surface area contributed by atoms with Gasteiger partial charge in [-0.3, -0.25) is 4.18 Å². The Balaban J connectivity index is 1.54. The van der Waals surface area contributed by atoms with Crippen molar-refractivity contribution in [3.8, 4) is 0 Å². The van der Waals surface area contributed by atoms with E-state index in [1.165, 1.54) is 17.0 Å². The number of ether oxygens (including phenoxy) is 1. The van der Waals surface area contributed by atoms with Gasteiger partial charge < -0.3 is 15.4 Å². The molecule has 1 saturated heterocycles. The highest BCUT2D eigenvalue weighted by Gasteiger charge is 2.34. The highest BCUT2D eigenvalue weighted by atomic mass is 32.2. The van der Waals surface area contributed by atoms with Gasteiger partial charge in [0, 0.05) is 13.1 Å². The maximum Gasteiger partial charge on any atom is 0.410 e. The van der Waals surface area contributed by atoms with Crippen LogP contribution >= 0.6 is 0 Å². The molecule has 3 rings (SSSR count). The molecule has 0 aromatic heterocycles. The van der Waals surface area contributed by atoms with Crippen molar-refractivity contribution in [2.75, 3.05) is 13.1 Å². The van der Waals surface area contributed by atoms with Crippen LogP contribution in [0.15, 0.2) is 59.5 Å². The first kappa shape index (κ1) is 20.3. The largest absolute Gasteiger partial charge is 0.445 e. The molecule has 0 spiro atoms. The van der Waals surface area contributed by atoms with Crippen LogP contribution in [0.4, 0.5) is 4.79 Å². The van der Waals surface area contributed by atoms with Crippen molar-refractivity contribution < 1.29 is 22.1 Å². The number of benzene rings is 2. The number of hydrogen-bond acceptors (Lipinski definition) is 6. The lowest BCUT2D eigenvalue weighted by molar-refractivity contribution is 0.0558. The van der Waals surface area contributed by atoms with Crippen LogP contribution in [0, 0.1) is 6.92 Å². The number of aryl methyl sites for hydroxylation is 1. The van der Waals surface area contributed by atoms with E-state index < -0.39 is 28.4 Å². The fourth-order valence-electron chi connectivity index (χ4n) is 2.98. The van der Waals surface area contributed by atoms with E-state index in [0.717, 1.165) is 11.1 Å². The molecule has 1 heterocycles. The molecule has 7 nitrogen and oxygen atoms in total. The van der Waals surface area contributed by atoms with E-state index in [0.29, 0.717) is 13.0 Å².